The van der Waals surface area contributed by atoms with E-state index >= 15 is 0 Å². The van der Waals surface area contributed by atoms with E-state index in [2.05, 4.69) is 62.5 Å². The molecule has 0 aromatic carbocycles. The summed E-state index contributed by atoms with van der Waals surface area (Å²) < 4.78 is 34.3. The summed E-state index contributed by atoms with van der Waals surface area (Å²) >= 11 is 0. The van der Waals surface area contributed by atoms with Gasteiger partial charge in [0, 0.05) is 6.42 Å². The molecular weight excluding hydrogens is 758 g/mol. The highest BCUT2D eigenvalue weighted by atomic mass is 31.2. The number of quaternary nitrogens is 1. The normalized spacial score (nSPS) is 14.3. The molecule has 0 aliphatic heterocycles. The fraction of sp³-hybridized carbons (Fsp3) is 0.740. The topological polar surface area (TPSA) is 94.1 Å². The van der Waals surface area contributed by atoms with E-state index < -0.39 is 19.9 Å². The lowest BCUT2D eigenvalue weighted by Gasteiger charge is -2.28. The Kier molecular flexibility index (Phi) is 40.9. The molecule has 9 heteroatoms. The molecule has 59 heavy (non-hydrogen) atoms. The van der Waals surface area contributed by atoms with Crippen LogP contribution in [0.5, 0.6) is 0 Å². The number of nitrogens with zero attached hydrogens (tertiary/aromatic N) is 1. The second-order valence-electron chi connectivity index (χ2n) is 16.8. The van der Waals surface area contributed by atoms with Gasteiger partial charge in [-0.2, -0.15) is 0 Å². The van der Waals surface area contributed by atoms with Gasteiger partial charge < -0.3 is 27.9 Å². The monoisotopic (exact) mass is 848 g/mol. The van der Waals surface area contributed by atoms with Crippen molar-refractivity contribution in [1.82, 2.24) is 0 Å². The molecule has 8 nitrogen and oxygen atoms in total. The molecule has 0 aliphatic rings. The minimum atomic E-state index is -4.57. The van der Waals surface area contributed by atoms with Gasteiger partial charge in [0.05, 0.1) is 34.0 Å². The van der Waals surface area contributed by atoms with E-state index in [4.69, 9.17) is 18.5 Å². The number of phosphoric acid groups is 1. The number of allylic oxidation sites excluding steroid dienone is 11. The first-order valence-electron chi connectivity index (χ1n) is 23.7. The van der Waals surface area contributed by atoms with E-state index in [-0.39, 0.29) is 26.2 Å². The van der Waals surface area contributed by atoms with Crippen molar-refractivity contribution < 1.29 is 37.3 Å². The fourth-order valence-electron chi connectivity index (χ4n) is 6.14. The van der Waals surface area contributed by atoms with Gasteiger partial charge in [-0.05, 0) is 63.9 Å². The van der Waals surface area contributed by atoms with Crippen LogP contribution < -0.4 is 4.89 Å². The van der Waals surface area contributed by atoms with Crippen LogP contribution in [-0.4, -0.2) is 64.1 Å². The number of unbranched alkanes of at least 4 members (excludes halogenated alkanes) is 19. The summed E-state index contributed by atoms with van der Waals surface area (Å²) in [7, 11) is 1.27. The Morgan fingerprint density at radius 2 is 0.949 bits per heavy atom. The van der Waals surface area contributed by atoms with Gasteiger partial charge in [0.25, 0.3) is 7.82 Å². The summed E-state index contributed by atoms with van der Waals surface area (Å²) in [6.07, 6.45) is 56.0. The maximum atomic E-state index is 12.7. The van der Waals surface area contributed by atoms with Crippen LogP contribution in [0.15, 0.2) is 73.1 Å². The third kappa shape index (κ3) is 46.7. The molecule has 0 saturated heterocycles. The SMILES string of the molecule is CCCCC/C=C/C/C=C/C/C=C/C/C=C/C/C=C/CCC(=O)O[C@H](CO/C=C/CCCCCCCCCCCCCCCCCC)COP(=O)([O-])OCC[N+](C)(C)C. The van der Waals surface area contributed by atoms with Crippen molar-refractivity contribution >= 4 is 13.8 Å². The van der Waals surface area contributed by atoms with Gasteiger partial charge in [0.2, 0.25) is 0 Å². The molecule has 0 saturated carbocycles. The molecule has 0 heterocycles. The molecule has 0 aliphatic carbocycles. The number of hydrogen-bond acceptors (Lipinski definition) is 7. The van der Waals surface area contributed by atoms with Crippen LogP contribution in [0.3, 0.4) is 0 Å². The Balaban J connectivity index is 4.38. The lowest BCUT2D eigenvalue weighted by molar-refractivity contribution is -0.870. The third-order valence-corrected chi connectivity index (χ3v) is 10.8. The van der Waals surface area contributed by atoms with E-state index in [1.807, 2.05) is 39.4 Å². The highest BCUT2D eigenvalue weighted by molar-refractivity contribution is 7.45. The molecule has 0 aromatic rings. The zero-order valence-electron chi connectivity index (χ0n) is 38.7. The molecule has 0 spiro atoms. The first kappa shape index (κ1) is 56.8. The van der Waals surface area contributed by atoms with Gasteiger partial charge >= 0.3 is 5.97 Å². The van der Waals surface area contributed by atoms with Crippen LogP contribution in [-0.2, 0) is 27.9 Å². The van der Waals surface area contributed by atoms with E-state index in [1.54, 1.807) is 6.26 Å². The first-order valence-corrected chi connectivity index (χ1v) is 25.2. The summed E-state index contributed by atoms with van der Waals surface area (Å²) in [5, 5.41) is 0. The number of rotatable bonds is 43. The predicted molar refractivity (Wildman–Crippen MR) is 249 cm³/mol. The molecule has 0 amide bonds. The van der Waals surface area contributed by atoms with Crippen LogP contribution in [0, 0.1) is 0 Å². The molecule has 0 rings (SSSR count). The summed E-state index contributed by atoms with van der Waals surface area (Å²) in [4.78, 5) is 25.0. The van der Waals surface area contributed by atoms with Crippen LogP contribution in [0.25, 0.3) is 0 Å². The standard InChI is InChI=1S/C50H90NO7P/c1-6-8-10-12-14-16-18-20-22-24-26-27-29-31-33-35-37-39-41-43-50(52)58-49(48-57-59(53,54)56-46-44-51(3,4)5)47-55-45-42-40-38-36-34-32-30-28-25-23-21-19-17-15-13-11-9-7-2/h14,16,20,22,26-27,31,33,37,39,42,45,49H,6-13,15,17-19,21,23-25,28-30,32,34-36,38,40-41,43-44,46-48H2,1-5H3/b16-14+,22-20+,27-26+,33-31+,39-37+,45-42+/t49-/m1/s1. The maximum absolute atomic E-state index is 12.7. The maximum Gasteiger partial charge on any atom is 0.306 e. The summed E-state index contributed by atoms with van der Waals surface area (Å²) in [6, 6.07) is 0. The highest BCUT2D eigenvalue weighted by Crippen LogP contribution is 2.38. The van der Waals surface area contributed by atoms with Gasteiger partial charge in [-0.3, -0.25) is 9.36 Å². The predicted octanol–water partition coefficient (Wildman–Crippen LogP) is 14.0. The minimum Gasteiger partial charge on any atom is -0.756 e. The highest BCUT2D eigenvalue weighted by Gasteiger charge is 2.20. The second kappa shape index (κ2) is 42.5. The number of esters is 1. The van der Waals surface area contributed by atoms with Crippen molar-refractivity contribution in [3.05, 3.63) is 73.1 Å². The van der Waals surface area contributed by atoms with E-state index in [0.29, 0.717) is 17.4 Å². The number of hydrogen-bond donors (Lipinski definition) is 0. The molecule has 1 unspecified atom stereocenters. The summed E-state index contributed by atoms with van der Waals surface area (Å²) in [5.41, 5.74) is 0. The lowest BCUT2D eigenvalue weighted by Crippen LogP contribution is -2.37. The lowest BCUT2D eigenvalue weighted by atomic mass is 10.0. The van der Waals surface area contributed by atoms with E-state index in [0.717, 1.165) is 38.5 Å². The smallest absolute Gasteiger partial charge is 0.306 e. The Bertz CT molecular complexity index is 1170. The Labute approximate surface area is 363 Å². The summed E-state index contributed by atoms with van der Waals surface area (Å²) in [6.45, 7) is 4.62. The van der Waals surface area contributed by atoms with Crippen molar-refractivity contribution in [2.24, 2.45) is 0 Å². The minimum absolute atomic E-state index is 0.000715. The third-order valence-electron chi connectivity index (χ3n) is 9.84. The van der Waals surface area contributed by atoms with E-state index in [1.165, 1.54) is 122 Å². The van der Waals surface area contributed by atoms with Crippen LogP contribution in [0.1, 0.15) is 187 Å². The van der Waals surface area contributed by atoms with Gasteiger partial charge in [0.1, 0.15) is 19.8 Å². The molecule has 0 radical (unpaired) electrons. The van der Waals surface area contributed by atoms with Crippen molar-refractivity contribution in [2.75, 3.05) is 47.5 Å². The van der Waals surface area contributed by atoms with Gasteiger partial charge in [0.15, 0.2) is 6.10 Å². The molecule has 342 valence electrons. The van der Waals surface area contributed by atoms with Crippen molar-refractivity contribution in [1.29, 1.82) is 0 Å². The first-order chi connectivity index (χ1) is 28.6. The molecule has 0 aromatic heterocycles. The number of carbonyl (C=O) groups excluding carboxylic acids is 1. The quantitative estimate of drug-likeness (QED) is 0.0151. The fourth-order valence-corrected chi connectivity index (χ4v) is 6.87. The van der Waals surface area contributed by atoms with Crippen LogP contribution >= 0.6 is 7.82 Å². The Morgan fingerprint density at radius 3 is 1.44 bits per heavy atom. The Morgan fingerprint density at radius 1 is 0.542 bits per heavy atom. The van der Waals surface area contributed by atoms with Crippen molar-refractivity contribution in [2.45, 2.75) is 193 Å². The van der Waals surface area contributed by atoms with Gasteiger partial charge in [-0.1, -0.05) is 184 Å². The van der Waals surface area contributed by atoms with Crippen molar-refractivity contribution in [3.8, 4) is 0 Å². The van der Waals surface area contributed by atoms with E-state index in [9.17, 15) is 14.3 Å². The molecule has 2 atom stereocenters. The van der Waals surface area contributed by atoms with Crippen LogP contribution in [0.2, 0.25) is 0 Å². The molecular formula is C50H90NO7P. The largest absolute Gasteiger partial charge is 0.756 e. The number of likely N-dealkylation sites (N-methyl/N-ethyl adjacent to an activating group) is 1. The number of ether oxygens (including phenoxy) is 2. The molecule has 0 fully saturated rings. The van der Waals surface area contributed by atoms with Gasteiger partial charge in [-0.15, -0.1) is 0 Å². The molecule has 0 N–H and O–H groups in total. The van der Waals surface area contributed by atoms with Gasteiger partial charge in [-0.25, -0.2) is 0 Å². The Hall–Kier alpha value is -2.22. The summed E-state index contributed by atoms with van der Waals surface area (Å²) in [5.74, 6) is -0.437. The average molecular weight is 848 g/mol. The number of phosphoric ester groups is 1. The zero-order chi connectivity index (χ0) is 43.4. The van der Waals surface area contributed by atoms with Crippen LogP contribution in [0.4, 0.5) is 0 Å². The number of carbonyl (C=O) groups is 1. The second-order valence-corrected chi connectivity index (χ2v) is 18.2. The zero-order valence-corrected chi connectivity index (χ0v) is 39.6. The molecule has 0 bridgehead atoms. The average Bonchev–Trinajstić information content (AvgIpc) is 3.19. The van der Waals surface area contributed by atoms with Crippen molar-refractivity contribution in [3.63, 3.8) is 0 Å².